The van der Waals surface area contributed by atoms with Crippen molar-refractivity contribution >= 4 is 17.3 Å². The summed E-state index contributed by atoms with van der Waals surface area (Å²) in [7, 11) is 0. The van der Waals surface area contributed by atoms with Crippen LogP contribution in [-0.2, 0) is 17.8 Å². The highest BCUT2D eigenvalue weighted by atomic mass is 32.1. The van der Waals surface area contributed by atoms with E-state index < -0.39 is 0 Å². The number of hydrogen-bond acceptors (Lipinski definition) is 5. The number of hydrogen-bond donors (Lipinski definition) is 0. The molecule has 0 aliphatic carbocycles. The molecule has 1 aromatic carbocycles. The zero-order valence-corrected chi connectivity index (χ0v) is 14.2. The number of esters is 1. The lowest BCUT2D eigenvalue weighted by molar-refractivity contribution is 0.0525. The molecule has 0 spiro atoms. The third kappa shape index (κ3) is 4.39. The van der Waals surface area contributed by atoms with Crippen molar-refractivity contribution in [3.05, 3.63) is 51.5 Å². The highest BCUT2D eigenvalue weighted by Gasteiger charge is 2.14. The first-order valence-corrected chi connectivity index (χ1v) is 8.40. The minimum absolute atomic E-state index is 0.333. The van der Waals surface area contributed by atoms with E-state index >= 15 is 0 Å². The number of aromatic nitrogens is 1. The molecule has 2 aromatic rings. The fraction of sp³-hybridized carbons (Fsp3) is 0.412. The molecule has 0 N–H and O–H groups in total. The largest absolute Gasteiger partial charge is 0.461 e. The number of carbonyl (C=O) groups excluding carboxylic acids is 1. The molecular formula is C17H22N2O2S. The Bertz CT molecular complexity index is 625. The van der Waals surface area contributed by atoms with Crippen LogP contribution in [0.5, 0.6) is 0 Å². The molecule has 22 heavy (non-hydrogen) atoms. The van der Waals surface area contributed by atoms with Gasteiger partial charge in [0.15, 0.2) is 0 Å². The lowest BCUT2D eigenvalue weighted by atomic mass is 10.1. The van der Waals surface area contributed by atoms with Gasteiger partial charge in [-0.2, -0.15) is 0 Å². The van der Waals surface area contributed by atoms with E-state index in [0.29, 0.717) is 11.6 Å². The summed E-state index contributed by atoms with van der Waals surface area (Å²) in [5.41, 5.74) is 3.54. The SMILES string of the molecule is CCOC(=O)c1nc(CN(CC)Cc2ccccc2C)cs1. The number of ether oxygens (including phenoxy) is 1. The minimum atomic E-state index is -0.333. The van der Waals surface area contributed by atoms with Gasteiger partial charge >= 0.3 is 5.97 Å². The summed E-state index contributed by atoms with van der Waals surface area (Å²) >= 11 is 1.35. The first-order chi connectivity index (χ1) is 10.6. The summed E-state index contributed by atoms with van der Waals surface area (Å²) in [6, 6.07) is 8.41. The van der Waals surface area contributed by atoms with Crippen LogP contribution in [0.1, 0.15) is 40.5 Å². The third-order valence-electron chi connectivity index (χ3n) is 3.49. The quantitative estimate of drug-likeness (QED) is 0.731. The number of carbonyl (C=O) groups is 1. The molecule has 1 aromatic heterocycles. The molecule has 0 aliphatic rings. The molecule has 0 amide bonds. The first-order valence-electron chi connectivity index (χ1n) is 7.52. The Hall–Kier alpha value is -1.72. The summed E-state index contributed by atoms with van der Waals surface area (Å²) < 4.78 is 4.98. The van der Waals surface area contributed by atoms with Crippen LogP contribution in [0.4, 0.5) is 0 Å². The molecule has 0 saturated heterocycles. The van der Waals surface area contributed by atoms with Crippen molar-refractivity contribution in [2.75, 3.05) is 13.2 Å². The maximum Gasteiger partial charge on any atom is 0.367 e. The fourth-order valence-corrected chi connectivity index (χ4v) is 2.90. The number of rotatable bonds is 7. The summed E-state index contributed by atoms with van der Waals surface area (Å²) in [5.74, 6) is -0.333. The first kappa shape index (κ1) is 16.6. The summed E-state index contributed by atoms with van der Waals surface area (Å²) in [4.78, 5) is 18.4. The van der Waals surface area contributed by atoms with E-state index in [1.807, 2.05) is 5.38 Å². The van der Waals surface area contributed by atoms with E-state index in [9.17, 15) is 4.79 Å². The molecule has 0 fully saturated rings. The van der Waals surface area contributed by atoms with Gasteiger partial charge in [0.1, 0.15) is 0 Å². The molecule has 0 saturated carbocycles. The van der Waals surface area contributed by atoms with E-state index in [1.165, 1.54) is 22.5 Å². The smallest absolute Gasteiger partial charge is 0.367 e. The van der Waals surface area contributed by atoms with Gasteiger partial charge in [-0.05, 0) is 31.5 Å². The van der Waals surface area contributed by atoms with Gasteiger partial charge in [0.2, 0.25) is 5.01 Å². The lowest BCUT2D eigenvalue weighted by Gasteiger charge is -2.20. The Morgan fingerprint density at radius 1 is 1.27 bits per heavy atom. The van der Waals surface area contributed by atoms with Crippen LogP contribution >= 0.6 is 11.3 Å². The van der Waals surface area contributed by atoms with E-state index in [2.05, 4.69) is 48.0 Å². The fourth-order valence-electron chi connectivity index (χ4n) is 2.20. The number of aryl methyl sites for hydroxylation is 1. The van der Waals surface area contributed by atoms with Crippen LogP contribution in [0, 0.1) is 6.92 Å². The van der Waals surface area contributed by atoms with Gasteiger partial charge in [-0.25, -0.2) is 9.78 Å². The van der Waals surface area contributed by atoms with Crippen molar-refractivity contribution < 1.29 is 9.53 Å². The van der Waals surface area contributed by atoms with Gasteiger partial charge in [0.05, 0.1) is 12.3 Å². The Kier molecular flexibility index (Phi) is 6.10. The van der Waals surface area contributed by atoms with Gasteiger partial charge in [0.25, 0.3) is 0 Å². The van der Waals surface area contributed by atoms with E-state index in [-0.39, 0.29) is 5.97 Å². The standard InChI is InChI=1S/C17H22N2O2S/c1-4-19(10-14-9-7-6-8-13(14)3)11-15-12-22-16(18-15)17(20)21-5-2/h6-9,12H,4-5,10-11H2,1-3H3. The molecule has 0 bridgehead atoms. The van der Waals surface area contributed by atoms with E-state index in [0.717, 1.165) is 25.3 Å². The number of nitrogens with zero attached hydrogens (tertiary/aromatic N) is 2. The summed E-state index contributed by atoms with van der Waals surface area (Å²) in [6.07, 6.45) is 0. The lowest BCUT2D eigenvalue weighted by Crippen LogP contribution is -2.23. The van der Waals surface area contributed by atoms with Gasteiger partial charge < -0.3 is 4.74 Å². The zero-order chi connectivity index (χ0) is 15.9. The third-order valence-corrected chi connectivity index (χ3v) is 4.36. The Labute approximate surface area is 135 Å². The molecule has 118 valence electrons. The molecule has 2 rings (SSSR count). The van der Waals surface area contributed by atoms with E-state index in [1.54, 1.807) is 6.92 Å². The molecule has 5 heteroatoms. The minimum Gasteiger partial charge on any atom is -0.461 e. The van der Waals surface area contributed by atoms with Crippen LogP contribution in [0.3, 0.4) is 0 Å². The normalized spacial score (nSPS) is 10.9. The van der Waals surface area contributed by atoms with Crippen molar-refractivity contribution in [3.8, 4) is 0 Å². The predicted octanol–water partition coefficient (Wildman–Crippen LogP) is 3.65. The molecule has 0 aliphatic heterocycles. The predicted molar refractivity (Wildman–Crippen MR) is 89.0 cm³/mol. The van der Waals surface area contributed by atoms with Gasteiger partial charge in [-0.1, -0.05) is 31.2 Å². The average Bonchev–Trinajstić information content (AvgIpc) is 2.97. The maximum absolute atomic E-state index is 11.7. The van der Waals surface area contributed by atoms with Crippen LogP contribution in [0.2, 0.25) is 0 Å². The van der Waals surface area contributed by atoms with Crippen molar-refractivity contribution in [1.29, 1.82) is 0 Å². The zero-order valence-electron chi connectivity index (χ0n) is 13.3. The van der Waals surface area contributed by atoms with Crippen LogP contribution < -0.4 is 0 Å². The monoisotopic (exact) mass is 318 g/mol. The molecule has 0 radical (unpaired) electrons. The average molecular weight is 318 g/mol. The Balaban J connectivity index is 2.01. The molecule has 1 heterocycles. The summed E-state index contributed by atoms with van der Waals surface area (Å²) in [6.45, 7) is 8.99. The highest BCUT2D eigenvalue weighted by molar-refractivity contribution is 7.11. The van der Waals surface area contributed by atoms with Crippen LogP contribution in [-0.4, -0.2) is 29.0 Å². The number of benzene rings is 1. The van der Waals surface area contributed by atoms with Crippen molar-refractivity contribution in [2.45, 2.75) is 33.9 Å². The van der Waals surface area contributed by atoms with Crippen molar-refractivity contribution in [2.24, 2.45) is 0 Å². The number of thiazole rings is 1. The highest BCUT2D eigenvalue weighted by Crippen LogP contribution is 2.16. The van der Waals surface area contributed by atoms with Gasteiger partial charge in [-0.3, -0.25) is 4.90 Å². The summed E-state index contributed by atoms with van der Waals surface area (Å²) in [5, 5.41) is 2.37. The van der Waals surface area contributed by atoms with Crippen molar-refractivity contribution in [1.82, 2.24) is 9.88 Å². The van der Waals surface area contributed by atoms with Gasteiger partial charge in [-0.15, -0.1) is 11.3 Å². The molecular weight excluding hydrogens is 296 g/mol. The second-order valence-corrected chi connectivity index (χ2v) is 5.95. The van der Waals surface area contributed by atoms with Crippen LogP contribution in [0.15, 0.2) is 29.6 Å². The molecule has 4 nitrogen and oxygen atoms in total. The second kappa shape index (κ2) is 8.06. The van der Waals surface area contributed by atoms with Gasteiger partial charge in [0, 0.05) is 18.5 Å². The maximum atomic E-state index is 11.7. The van der Waals surface area contributed by atoms with E-state index in [4.69, 9.17) is 4.74 Å². The Morgan fingerprint density at radius 2 is 2.05 bits per heavy atom. The van der Waals surface area contributed by atoms with Crippen molar-refractivity contribution in [3.63, 3.8) is 0 Å². The van der Waals surface area contributed by atoms with Crippen LogP contribution in [0.25, 0.3) is 0 Å². The Morgan fingerprint density at radius 3 is 2.73 bits per heavy atom. The molecule has 0 atom stereocenters. The molecule has 0 unspecified atom stereocenters. The topological polar surface area (TPSA) is 42.4 Å². The second-order valence-electron chi connectivity index (χ2n) is 5.09.